The third-order valence-corrected chi connectivity index (χ3v) is 3.01. The van der Waals surface area contributed by atoms with E-state index in [9.17, 15) is 0 Å². The molecule has 1 unspecified atom stereocenters. The Labute approximate surface area is 86.7 Å². The molecule has 1 aliphatic rings. The van der Waals surface area contributed by atoms with Crippen molar-refractivity contribution in [3.63, 3.8) is 0 Å². The molecule has 0 amide bonds. The van der Waals surface area contributed by atoms with Crippen molar-refractivity contribution >= 4 is 6.08 Å². The summed E-state index contributed by atoms with van der Waals surface area (Å²) in [6, 6.07) is 8.77. The smallest absolute Gasteiger partial charge is 0.00570 e. The molecule has 0 aromatic heterocycles. The SMILES string of the molecule is CC1=Cc2ccccc2C1CC(C)C. The zero-order valence-electron chi connectivity index (χ0n) is 9.25. The van der Waals surface area contributed by atoms with E-state index < -0.39 is 0 Å². The lowest BCUT2D eigenvalue weighted by atomic mass is 9.88. The summed E-state index contributed by atoms with van der Waals surface area (Å²) < 4.78 is 0. The minimum Gasteiger partial charge on any atom is -0.0652 e. The largest absolute Gasteiger partial charge is 0.0652 e. The van der Waals surface area contributed by atoms with Gasteiger partial charge in [0.25, 0.3) is 0 Å². The van der Waals surface area contributed by atoms with Gasteiger partial charge in [0, 0.05) is 5.92 Å². The summed E-state index contributed by atoms with van der Waals surface area (Å²) in [5, 5.41) is 0. The van der Waals surface area contributed by atoms with E-state index in [4.69, 9.17) is 0 Å². The van der Waals surface area contributed by atoms with E-state index in [1.807, 2.05) is 0 Å². The van der Waals surface area contributed by atoms with E-state index in [1.54, 1.807) is 0 Å². The van der Waals surface area contributed by atoms with Gasteiger partial charge in [-0.3, -0.25) is 0 Å². The molecule has 74 valence electrons. The van der Waals surface area contributed by atoms with Crippen LogP contribution in [0.25, 0.3) is 6.08 Å². The molecule has 0 saturated heterocycles. The molecule has 0 aliphatic heterocycles. The van der Waals surface area contributed by atoms with Crippen LogP contribution in [0.2, 0.25) is 0 Å². The highest BCUT2D eigenvalue weighted by Crippen LogP contribution is 2.39. The maximum atomic E-state index is 2.34. The van der Waals surface area contributed by atoms with Gasteiger partial charge in [0.05, 0.1) is 0 Å². The second kappa shape index (κ2) is 3.61. The summed E-state index contributed by atoms with van der Waals surface area (Å²) in [5.74, 6) is 1.45. The van der Waals surface area contributed by atoms with Gasteiger partial charge in [0.1, 0.15) is 0 Å². The molecule has 0 fully saturated rings. The summed E-state index contributed by atoms with van der Waals surface area (Å²) in [5.41, 5.74) is 4.48. The predicted molar refractivity (Wildman–Crippen MR) is 62.3 cm³/mol. The van der Waals surface area contributed by atoms with E-state index in [0.717, 1.165) is 5.92 Å². The average Bonchev–Trinajstić information content (AvgIpc) is 2.43. The quantitative estimate of drug-likeness (QED) is 0.648. The first-order valence-corrected chi connectivity index (χ1v) is 5.45. The zero-order chi connectivity index (χ0) is 10.1. The average molecular weight is 186 g/mol. The number of allylic oxidation sites excluding steroid dienone is 1. The standard InChI is InChI=1S/C14H18/c1-10(2)8-14-11(3)9-12-6-4-5-7-13(12)14/h4-7,9-10,14H,8H2,1-3H3. The van der Waals surface area contributed by atoms with E-state index in [-0.39, 0.29) is 0 Å². The molecule has 1 aromatic rings. The van der Waals surface area contributed by atoms with Gasteiger partial charge >= 0.3 is 0 Å². The van der Waals surface area contributed by atoms with Gasteiger partial charge in [-0.25, -0.2) is 0 Å². The highest BCUT2D eigenvalue weighted by atomic mass is 14.3. The fourth-order valence-corrected chi connectivity index (χ4v) is 2.34. The van der Waals surface area contributed by atoms with Crippen LogP contribution in [0.4, 0.5) is 0 Å². The van der Waals surface area contributed by atoms with Crippen molar-refractivity contribution in [2.45, 2.75) is 33.1 Å². The van der Waals surface area contributed by atoms with Crippen LogP contribution in [-0.2, 0) is 0 Å². The lowest BCUT2D eigenvalue weighted by Gasteiger charge is -2.16. The van der Waals surface area contributed by atoms with Crippen molar-refractivity contribution in [2.24, 2.45) is 5.92 Å². The van der Waals surface area contributed by atoms with Crippen molar-refractivity contribution < 1.29 is 0 Å². The summed E-state index contributed by atoms with van der Waals surface area (Å²) in [6.07, 6.45) is 3.61. The molecular formula is C14H18. The van der Waals surface area contributed by atoms with Crippen molar-refractivity contribution in [3.05, 3.63) is 41.0 Å². The molecule has 0 spiro atoms. The normalized spacial score (nSPS) is 19.7. The first-order chi connectivity index (χ1) is 6.68. The Morgan fingerprint density at radius 3 is 2.64 bits per heavy atom. The number of hydrogen-bond donors (Lipinski definition) is 0. The topological polar surface area (TPSA) is 0 Å². The van der Waals surface area contributed by atoms with Crippen LogP contribution < -0.4 is 0 Å². The molecule has 0 heteroatoms. The molecule has 2 rings (SSSR count). The molecule has 0 heterocycles. The third-order valence-electron chi connectivity index (χ3n) is 3.01. The van der Waals surface area contributed by atoms with Crippen LogP contribution in [0, 0.1) is 5.92 Å². The second-order valence-electron chi connectivity index (χ2n) is 4.70. The Kier molecular flexibility index (Phi) is 2.45. The van der Waals surface area contributed by atoms with Crippen molar-refractivity contribution in [3.8, 4) is 0 Å². The molecule has 0 nitrogen and oxygen atoms in total. The summed E-state index contributed by atoms with van der Waals surface area (Å²) >= 11 is 0. The lowest BCUT2D eigenvalue weighted by molar-refractivity contribution is 0.541. The molecule has 1 aromatic carbocycles. The van der Waals surface area contributed by atoms with Crippen LogP contribution >= 0.6 is 0 Å². The van der Waals surface area contributed by atoms with Gasteiger partial charge in [-0.1, -0.05) is 49.8 Å². The molecule has 0 saturated carbocycles. The number of hydrogen-bond acceptors (Lipinski definition) is 0. The molecule has 1 atom stereocenters. The molecule has 0 N–H and O–H groups in total. The fraction of sp³-hybridized carbons (Fsp3) is 0.429. The van der Waals surface area contributed by atoms with Gasteiger partial charge in [-0.15, -0.1) is 0 Å². The molecular weight excluding hydrogens is 168 g/mol. The van der Waals surface area contributed by atoms with Crippen LogP contribution in [-0.4, -0.2) is 0 Å². The fourth-order valence-electron chi connectivity index (χ4n) is 2.34. The Hall–Kier alpha value is -1.04. The molecule has 0 radical (unpaired) electrons. The van der Waals surface area contributed by atoms with Crippen molar-refractivity contribution in [1.82, 2.24) is 0 Å². The van der Waals surface area contributed by atoms with Gasteiger partial charge < -0.3 is 0 Å². The maximum absolute atomic E-state index is 2.34. The number of rotatable bonds is 2. The number of fused-ring (bicyclic) bond motifs is 1. The van der Waals surface area contributed by atoms with Crippen LogP contribution in [0.1, 0.15) is 44.2 Å². The Morgan fingerprint density at radius 2 is 1.93 bits per heavy atom. The van der Waals surface area contributed by atoms with E-state index in [0.29, 0.717) is 5.92 Å². The van der Waals surface area contributed by atoms with Crippen LogP contribution in [0.15, 0.2) is 29.8 Å². The Morgan fingerprint density at radius 1 is 1.21 bits per heavy atom. The maximum Gasteiger partial charge on any atom is 0.00570 e. The molecule has 0 bridgehead atoms. The van der Waals surface area contributed by atoms with Gasteiger partial charge in [0.2, 0.25) is 0 Å². The van der Waals surface area contributed by atoms with E-state index in [2.05, 4.69) is 51.1 Å². The molecule has 14 heavy (non-hydrogen) atoms. The van der Waals surface area contributed by atoms with Crippen molar-refractivity contribution in [2.75, 3.05) is 0 Å². The second-order valence-corrected chi connectivity index (χ2v) is 4.70. The monoisotopic (exact) mass is 186 g/mol. The Bertz CT molecular complexity index is 358. The minimum absolute atomic E-state index is 0.672. The van der Waals surface area contributed by atoms with Crippen LogP contribution in [0.3, 0.4) is 0 Å². The van der Waals surface area contributed by atoms with Gasteiger partial charge in [0.15, 0.2) is 0 Å². The third kappa shape index (κ3) is 1.61. The number of benzene rings is 1. The Balaban J connectivity index is 2.32. The first kappa shape index (κ1) is 9.51. The van der Waals surface area contributed by atoms with Gasteiger partial charge in [-0.2, -0.15) is 0 Å². The first-order valence-electron chi connectivity index (χ1n) is 5.45. The highest BCUT2D eigenvalue weighted by molar-refractivity contribution is 5.65. The molecule has 1 aliphatic carbocycles. The van der Waals surface area contributed by atoms with E-state index >= 15 is 0 Å². The summed E-state index contributed by atoms with van der Waals surface area (Å²) in [7, 11) is 0. The summed E-state index contributed by atoms with van der Waals surface area (Å²) in [6.45, 7) is 6.86. The predicted octanol–water partition coefficient (Wildman–Crippen LogP) is 4.23. The lowest BCUT2D eigenvalue weighted by Crippen LogP contribution is -2.01. The van der Waals surface area contributed by atoms with Crippen LogP contribution in [0.5, 0.6) is 0 Å². The minimum atomic E-state index is 0.672. The highest BCUT2D eigenvalue weighted by Gasteiger charge is 2.22. The van der Waals surface area contributed by atoms with Crippen molar-refractivity contribution in [1.29, 1.82) is 0 Å². The zero-order valence-corrected chi connectivity index (χ0v) is 9.25. The van der Waals surface area contributed by atoms with E-state index in [1.165, 1.54) is 23.1 Å². The van der Waals surface area contributed by atoms with Gasteiger partial charge in [-0.05, 0) is 30.4 Å². The summed E-state index contributed by atoms with van der Waals surface area (Å²) in [4.78, 5) is 0.